The number of thioether (sulfide) groups is 1. The molecule has 22 heavy (non-hydrogen) atoms. The van der Waals surface area contributed by atoms with Crippen LogP contribution in [-0.4, -0.2) is 16.7 Å². The van der Waals surface area contributed by atoms with Gasteiger partial charge in [0.15, 0.2) is 4.87 Å². The van der Waals surface area contributed by atoms with E-state index in [0.717, 1.165) is 10.5 Å². The van der Waals surface area contributed by atoms with E-state index in [2.05, 4.69) is 10.6 Å². The summed E-state index contributed by atoms with van der Waals surface area (Å²) in [6, 6.07) is 17.0. The molecule has 0 unspecified atom stereocenters. The second-order valence-electron chi connectivity index (χ2n) is 5.25. The number of rotatable bonds is 3. The van der Waals surface area contributed by atoms with Crippen LogP contribution in [0.5, 0.6) is 0 Å². The number of hydrogen-bond acceptors (Lipinski definition) is 3. The Morgan fingerprint density at radius 1 is 1.14 bits per heavy atom. The van der Waals surface area contributed by atoms with Crippen molar-refractivity contribution >= 4 is 23.6 Å². The van der Waals surface area contributed by atoms with Gasteiger partial charge in [0.05, 0.1) is 5.56 Å². The molecule has 0 saturated carbocycles. The summed E-state index contributed by atoms with van der Waals surface area (Å²) in [6.45, 7) is 2.17. The Hall–Kier alpha value is -2.27. The van der Waals surface area contributed by atoms with Crippen molar-refractivity contribution in [2.45, 2.75) is 23.2 Å². The third-order valence-electron chi connectivity index (χ3n) is 3.53. The molecule has 0 saturated heterocycles. The van der Waals surface area contributed by atoms with Gasteiger partial charge in [0.2, 0.25) is 0 Å². The molecule has 0 aliphatic carbocycles. The van der Waals surface area contributed by atoms with Gasteiger partial charge in [-0.05, 0) is 24.6 Å². The largest absolute Gasteiger partial charge is 0.349 e. The zero-order chi connectivity index (χ0) is 15.6. The van der Waals surface area contributed by atoms with Crippen molar-refractivity contribution < 1.29 is 9.59 Å². The minimum Gasteiger partial charge on any atom is -0.349 e. The predicted octanol–water partition coefficient (Wildman–Crippen LogP) is 2.55. The second kappa shape index (κ2) is 5.85. The zero-order valence-electron chi connectivity index (χ0n) is 12.1. The minimum absolute atomic E-state index is 0.204. The van der Waals surface area contributed by atoms with Crippen LogP contribution in [0.3, 0.4) is 0 Å². The van der Waals surface area contributed by atoms with Crippen LogP contribution in [-0.2, 0) is 11.3 Å². The van der Waals surface area contributed by atoms with Crippen LogP contribution in [0.4, 0.5) is 0 Å². The van der Waals surface area contributed by atoms with Crippen LogP contribution in [0.2, 0.25) is 0 Å². The van der Waals surface area contributed by atoms with Crippen molar-refractivity contribution in [1.82, 2.24) is 10.6 Å². The molecule has 5 heteroatoms. The molecule has 0 spiro atoms. The standard InChI is InChI=1S/C17H16N2O2S/c1-17(16(21)18-11-12-7-3-2-4-8-12)19-15(20)13-9-5-6-10-14(13)22-17/h2-10H,11H2,1H3,(H,18,21)(H,19,20)/t17-/m1/s1. The third kappa shape index (κ3) is 2.85. The second-order valence-corrected chi connectivity index (χ2v) is 6.71. The fraction of sp³-hybridized carbons (Fsp3) is 0.176. The van der Waals surface area contributed by atoms with Crippen molar-refractivity contribution in [2.24, 2.45) is 0 Å². The van der Waals surface area contributed by atoms with Crippen LogP contribution < -0.4 is 10.6 Å². The molecule has 0 aromatic heterocycles. The zero-order valence-corrected chi connectivity index (χ0v) is 12.9. The Bertz CT molecular complexity index is 718. The van der Waals surface area contributed by atoms with Gasteiger partial charge >= 0.3 is 0 Å². The number of carbonyl (C=O) groups excluding carboxylic acids is 2. The van der Waals surface area contributed by atoms with E-state index in [4.69, 9.17) is 0 Å². The van der Waals surface area contributed by atoms with Gasteiger partial charge in [-0.2, -0.15) is 0 Å². The highest BCUT2D eigenvalue weighted by Gasteiger charge is 2.40. The molecule has 2 aromatic rings. The van der Waals surface area contributed by atoms with Crippen molar-refractivity contribution in [3.05, 3.63) is 65.7 Å². The van der Waals surface area contributed by atoms with Crippen LogP contribution in [0.25, 0.3) is 0 Å². The molecule has 2 aromatic carbocycles. The lowest BCUT2D eigenvalue weighted by molar-refractivity contribution is -0.123. The molecule has 2 N–H and O–H groups in total. The van der Waals surface area contributed by atoms with E-state index in [1.54, 1.807) is 13.0 Å². The summed E-state index contributed by atoms with van der Waals surface area (Å²) in [5.74, 6) is -0.420. The SMILES string of the molecule is C[C@@]1(C(=O)NCc2ccccc2)NC(=O)c2ccccc2S1. The average Bonchev–Trinajstić information content (AvgIpc) is 2.53. The quantitative estimate of drug-likeness (QED) is 0.916. The number of hydrogen-bond donors (Lipinski definition) is 2. The van der Waals surface area contributed by atoms with Crippen molar-refractivity contribution in [1.29, 1.82) is 0 Å². The molecule has 3 rings (SSSR count). The highest BCUT2D eigenvalue weighted by molar-refractivity contribution is 8.01. The van der Waals surface area contributed by atoms with Gasteiger partial charge in [0.1, 0.15) is 0 Å². The fourth-order valence-electron chi connectivity index (χ4n) is 2.32. The van der Waals surface area contributed by atoms with Gasteiger partial charge in [0.25, 0.3) is 11.8 Å². The van der Waals surface area contributed by atoms with E-state index < -0.39 is 4.87 Å². The maximum atomic E-state index is 12.5. The summed E-state index contributed by atoms with van der Waals surface area (Å²) in [6.07, 6.45) is 0. The first-order valence-corrected chi connectivity index (χ1v) is 7.83. The number of nitrogens with one attached hydrogen (secondary N) is 2. The Balaban J connectivity index is 1.74. The maximum Gasteiger partial charge on any atom is 0.256 e. The Kier molecular flexibility index (Phi) is 3.90. The molecular formula is C17H16N2O2S. The molecule has 1 aliphatic rings. The van der Waals surface area contributed by atoms with E-state index in [-0.39, 0.29) is 11.8 Å². The first-order chi connectivity index (χ1) is 10.6. The molecule has 1 aliphatic heterocycles. The Morgan fingerprint density at radius 3 is 2.59 bits per heavy atom. The highest BCUT2D eigenvalue weighted by atomic mass is 32.2. The van der Waals surface area contributed by atoms with Crippen LogP contribution in [0, 0.1) is 0 Å². The van der Waals surface area contributed by atoms with E-state index >= 15 is 0 Å². The normalized spacial score (nSPS) is 20.0. The molecule has 0 radical (unpaired) electrons. The third-order valence-corrected chi connectivity index (χ3v) is 4.80. The molecule has 0 fully saturated rings. The van der Waals surface area contributed by atoms with Crippen molar-refractivity contribution in [3.63, 3.8) is 0 Å². The average molecular weight is 312 g/mol. The number of fused-ring (bicyclic) bond motifs is 1. The first kappa shape index (κ1) is 14.7. The number of benzene rings is 2. The lowest BCUT2D eigenvalue weighted by Gasteiger charge is -2.33. The van der Waals surface area contributed by atoms with Crippen LogP contribution >= 0.6 is 11.8 Å². The molecule has 2 amide bonds. The smallest absolute Gasteiger partial charge is 0.256 e. The molecular weight excluding hydrogens is 296 g/mol. The minimum atomic E-state index is -1.000. The lowest BCUT2D eigenvalue weighted by Crippen LogP contribution is -2.56. The molecule has 1 heterocycles. The molecule has 112 valence electrons. The van der Waals surface area contributed by atoms with E-state index in [0.29, 0.717) is 12.1 Å². The molecule has 1 atom stereocenters. The van der Waals surface area contributed by atoms with Gasteiger partial charge in [-0.25, -0.2) is 0 Å². The Labute approximate surface area is 133 Å². The summed E-state index contributed by atoms with van der Waals surface area (Å²) in [7, 11) is 0. The predicted molar refractivity (Wildman–Crippen MR) is 86.5 cm³/mol. The van der Waals surface area contributed by atoms with Gasteiger partial charge < -0.3 is 10.6 Å². The summed E-state index contributed by atoms with van der Waals surface area (Å²) in [5.41, 5.74) is 1.63. The van der Waals surface area contributed by atoms with Gasteiger partial charge in [-0.1, -0.05) is 54.2 Å². The van der Waals surface area contributed by atoms with E-state index in [9.17, 15) is 9.59 Å². The summed E-state index contributed by atoms with van der Waals surface area (Å²) in [5, 5.41) is 5.68. The monoisotopic (exact) mass is 312 g/mol. The topological polar surface area (TPSA) is 58.2 Å². The maximum absolute atomic E-state index is 12.5. The molecule has 4 nitrogen and oxygen atoms in total. The Morgan fingerprint density at radius 2 is 1.82 bits per heavy atom. The van der Waals surface area contributed by atoms with Crippen molar-refractivity contribution in [2.75, 3.05) is 0 Å². The number of amides is 2. The summed E-state index contributed by atoms with van der Waals surface area (Å²) < 4.78 is 0. The summed E-state index contributed by atoms with van der Waals surface area (Å²) >= 11 is 1.36. The van der Waals surface area contributed by atoms with Gasteiger partial charge in [-0.15, -0.1) is 0 Å². The van der Waals surface area contributed by atoms with Crippen LogP contribution in [0.1, 0.15) is 22.8 Å². The van der Waals surface area contributed by atoms with E-state index in [1.807, 2.05) is 48.5 Å². The van der Waals surface area contributed by atoms with Crippen LogP contribution in [0.15, 0.2) is 59.5 Å². The molecule has 0 bridgehead atoms. The van der Waals surface area contributed by atoms with Gasteiger partial charge in [-0.3, -0.25) is 9.59 Å². The lowest BCUT2D eigenvalue weighted by atomic mass is 10.1. The number of carbonyl (C=O) groups is 2. The highest BCUT2D eigenvalue weighted by Crippen LogP contribution is 2.37. The van der Waals surface area contributed by atoms with Crippen molar-refractivity contribution in [3.8, 4) is 0 Å². The fourth-order valence-corrected chi connectivity index (χ4v) is 3.49. The van der Waals surface area contributed by atoms with Gasteiger partial charge in [0, 0.05) is 11.4 Å². The summed E-state index contributed by atoms with van der Waals surface area (Å²) in [4.78, 5) is 24.5. The van der Waals surface area contributed by atoms with E-state index in [1.165, 1.54) is 11.8 Å². The first-order valence-electron chi connectivity index (χ1n) is 7.01.